The number of hydrogen-bond acceptors (Lipinski definition) is 4. The molecule has 0 aliphatic rings. The van der Waals surface area contributed by atoms with E-state index in [1.54, 1.807) is 14.0 Å². The number of aromatic nitrogens is 2. The minimum atomic E-state index is -3.72. The smallest absolute Gasteiger partial charge is 0.261 e. The first-order valence-electron chi connectivity index (χ1n) is 4.67. The third-order valence-electron chi connectivity index (χ3n) is 2.07. The van der Waals surface area contributed by atoms with Crippen molar-refractivity contribution in [3.63, 3.8) is 0 Å². The van der Waals surface area contributed by atoms with E-state index in [2.05, 4.69) is 15.6 Å². The second-order valence-electron chi connectivity index (χ2n) is 3.29. The molecule has 0 aliphatic heterocycles. The Balaban J connectivity index is 3.09. The molecule has 1 aromatic heterocycles. The van der Waals surface area contributed by atoms with Crippen LogP contribution in [0.15, 0.2) is 11.4 Å². The van der Waals surface area contributed by atoms with E-state index in [0.717, 1.165) is 0 Å². The van der Waals surface area contributed by atoms with Gasteiger partial charge in [-0.25, -0.2) is 13.4 Å². The molecule has 16 heavy (non-hydrogen) atoms. The average molecular weight is 242 g/mol. The van der Waals surface area contributed by atoms with Gasteiger partial charge in [0.25, 0.3) is 10.0 Å². The molecule has 1 heterocycles. The predicted octanol–water partition coefficient (Wildman–Crippen LogP) is -0.308. The van der Waals surface area contributed by atoms with Crippen molar-refractivity contribution in [2.24, 2.45) is 7.05 Å². The molecule has 0 saturated carbocycles. The maximum absolute atomic E-state index is 11.9. The van der Waals surface area contributed by atoms with Crippen molar-refractivity contribution in [1.29, 1.82) is 0 Å². The maximum Gasteiger partial charge on any atom is 0.261 e. The topological polar surface area (TPSA) is 90.0 Å². The van der Waals surface area contributed by atoms with Gasteiger partial charge >= 0.3 is 0 Å². The zero-order valence-electron chi connectivity index (χ0n) is 9.14. The lowest BCUT2D eigenvalue weighted by Crippen LogP contribution is -2.34. The normalized spacial score (nSPS) is 13.3. The molecule has 3 N–H and O–H groups in total. The third-order valence-corrected chi connectivity index (χ3v) is 3.67. The highest BCUT2D eigenvalue weighted by Gasteiger charge is 2.24. The largest absolute Gasteiger partial charge is 0.381 e. The van der Waals surface area contributed by atoms with Crippen LogP contribution in [0.25, 0.3) is 0 Å². The summed E-state index contributed by atoms with van der Waals surface area (Å²) in [4.78, 5) is 3.71. The summed E-state index contributed by atoms with van der Waals surface area (Å²) < 4.78 is 27.5. The van der Waals surface area contributed by atoms with Crippen molar-refractivity contribution in [3.8, 4) is 12.3 Å². The number of anilines is 1. The van der Waals surface area contributed by atoms with E-state index in [-0.39, 0.29) is 10.8 Å². The van der Waals surface area contributed by atoms with E-state index >= 15 is 0 Å². The van der Waals surface area contributed by atoms with Crippen LogP contribution in [-0.4, -0.2) is 24.0 Å². The number of terminal acetylenes is 1. The summed E-state index contributed by atoms with van der Waals surface area (Å²) in [6, 6.07) is -0.542. The molecule has 0 spiro atoms. The van der Waals surface area contributed by atoms with Gasteiger partial charge in [0.1, 0.15) is 0 Å². The molecular weight excluding hydrogens is 228 g/mol. The van der Waals surface area contributed by atoms with Crippen LogP contribution >= 0.6 is 0 Å². The lowest BCUT2D eigenvalue weighted by Gasteiger charge is -2.11. The molecule has 1 aromatic rings. The van der Waals surface area contributed by atoms with Gasteiger partial charge in [0.05, 0.1) is 12.4 Å². The molecule has 0 amide bonds. The minimum absolute atomic E-state index is 0.0399. The van der Waals surface area contributed by atoms with Crippen molar-refractivity contribution in [2.45, 2.75) is 24.4 Å². The molecule has 7 heteroatoms. The molecule has 0 bridgehead atoms. The van der Waals surface area contributed by atoms with Crippen LogP contribution in [0.4, 0.5) is 5.82 Å². The number of nitrogen functional groups attached to an aromatic ring is 1. The Bertz CT molecular complexity index is 493. The lowest BCUT2D eigenvalue weighted by atomic mass is 10.3. The number of hydrogen-bond donors (Lipinski definition) is 2. The first-order chi connectivity index (χ1) is 7.42. The Labute approximate surface area is 94.9 Å². The Kier molecular flexibility index (Phi) is 3.57. The molecule has 1 atom stereocenters. The van der Waals surface area contributed by atoms with E-state index in [1.165, 1.54) is 10.9 Å². The molecule has 88 valence electrons. The monoisotopic (exact) mass is 242 g/mol. The molecular formula is C9H14N4O2S. The summed E-state index contributed by atoms with van der Waals surface area (Å²) >= 11 is 0. The quantitative estimate of drug-likeness (QED) is 0.709. The number of imidazole rings is 1. The standard InChI is InChI=1S/C9H14N4O2S/c1-4-7(5-2)12-16(14,15)9-8(10)11-6-13(9)3/h1,6-7,12H,5,10H2,2-3H3. The number of nitrogens with zero attached hydrogens (tertiary/aromatic N) is 2. The van der Waals surface area contributed by atoms with Gasteiger partial charge in [0, 0.05) is 7.05 Å². The molecule has 0 aliphatic carbocycles. The van der Waals surface area contributed by atoms with Crippen molar-refractivity contribution < 1.29 is 8.42 Å². The number of sulfonamides is 1. The highest BCUT2D eigenvalue weighted by molar-refractivity contribution is 7.89. The van der Waals surface area contributed by atoms with Gasteiger partial charge < -0.3 is 10.3 Å². The summed E-state index contributed by atoms with van der Waals surface area (Å²) in [6.07, 6.45) is 7.03. The van der Waals surface area contributed by atoms with Gasteiger partial charge in [-0.05, 0) is 6.42 Å². The van der Waals surface area contributed by atoms with E-state index in [4.69, 9.17) is 12.2 Å². The van der Waals surface area contributed by atoms with Gasteiger partial charge in [0.15, 0.2) is 10.8 Å². The van der Waals surface area contributed by atoms with E-state index in [0.29, 0.717) is 6.42 Å². The summed E-state index contributed by atoms with van der Waals surface area (Å²) in [5.41, 5.74) is 5.48. The van der Waals surface area contributed by atoms with Crippen molar-refractivity contribution in [3.05, 3.63) is 6.33 Å². The van der Waals surface area contributed by atoms with Gasteiger partial charge in [0.2, 0.25) is 0 Å². The zero-order chi connectivity index (χ0) is 12.3. The van der Waals surface area contributed by atoms with E-state index < -0.39 is 16.1 Å². The van der Waals surface area contributed by atoms with Crippen molar-refractivity contribution in [2.75, 3.05) is 5.73 Å². The van der Waals surface area contributed by atoms with Crippen LogP contribution < -0.4 is 10.5 Å². The van der Waals surface area contributed by atoms with Gasteiger partial charge in [-0.3, -0.25) is 0 Å². The SMILES string of the molecule is C#CC(CC)NS(=O)(=O)c1c(N)ncn1C. The third kappa shape index (κ3) is 2.35. The number of aryl methyl sites for hydroxylation is 1. The second kappa shape index (κ2) is 4.55. The van der Waals surface area contributed by atoms with Crippen LogP contribution in [0.1, 0.15) is 13.3 Å². The summed E-state index contributed by atoms with van der Waals surface area (Å²) in [5.74, 6) is 2.31. The Morgan fingerprint density at radius 1 is 1.75 bits per heavy atom. The van der Waals surface area contributed by atoms with Crippen molar-refractivity contribution >= 4 is 15.8 Å². The van der Waals surface area contributed by atoms with Gasteiger partial charge in [-0.2, -0.15) is 4.72 Å². The zero-order valence-corrected chi connectivity index (χ0v) is 9.95. The fourth-order valence-corrected chi connectivity index (χ4v) is 2.72. The fourth-order valence-electron chi connectivity index (χ4n) is 1.24. The second-order valence-corrected chi connectivity index (χ2v) is 4.92. The highest BCUT2D eigenvalue weighted by atomic mass is 32.2. The van der Waals surface area contributed by atoms with Crippen LogP contribution in [0, 0.1) is 12.3 Å². The summed E-state index contributed by atoms with van der Waals surface area (Å²) in [7, 11) is -2.17. The lowest BCUT2D eigenvalue weighted by molar-refractivity contribution is 0.561. The fraction of sp³-hybridized carbons (Fsp3) is 0.444. The average Bonchev–Trinajstić information content (AvgIpc) is 2.55. The van der Waals surface area contributed by atoms with Crippen molar-refractivity contribution in [1.82, 2.24) is 14.3 Å². The number of nitrogens with two attached hydrogens (primary N) is 1. The molecule has 0 saturated heterocycles. The summed E-state index contributed by atoms with van der Waals surface area (Å²) in [5, 5.41) is -0.0683. The van der Waals surface area contributed by atoms with Crippen LogP contribution in [-0.2, 0) is 17.1 Å². The molecule has 1 unspecified atom stereocenters. The van der Waals surface area contributed by atoms with E-state index in [9.17, 15) is 8.42 Å². The molecule has 1 rings (SSSR count). The van der Waals surface area contributed by atoms with Crippen LogP contribution in [0.2, 0.25) is 0 Å². The van der Waals surface area contributed by atoms with E-state index in [1.807, 2.05) is 0 Å². The van der Waals surface area contributed by atoms with Crippen LogP contribution in [0.5, 0.6) is 0 Å². The molecule has 0 fully saturated rings. The number of nitrogens with one attached hydrogen (secondary N) is 1. The Hall–Kier alpha value is -1.52. The van der Waals surface area contributed by atoms with Crippen LogP contribution in [0.3, 0.4) is 0 Å². The highest BCUT2D eigenvalue weighted by Crippen LogP contribution is 2.15. The predicted molar refractivity (Wildman–Crippen MR) is 60.9 cm³/mol. The molecule has 0 aromatic carbocycles. The minimum Gasteiger partial charge on any atom is -0.381 e. The Morgan fingerprint density at radius 3 is 2.75 bits per heavy atom. The number of rotatable bonds is 4. The first-order valence-corrected chi connectivity index (χ1v) is 6.16. The summed E-state index contributed by atoms with van der Waals surface area (Å²) in [6.45, 7) is 1.79. The molecule has 6 nitrogen and oxygen atoms in total. The first kappa shape index (κ1) is 12.5. The van der Waals surface area contributed by atoms with Gasteiger partial charge in [-0.1, -0.05) is 12.8 Å². The maximum atomic E-state index is 11.9. The molecule has 0 radical (unpaired) electrons. The Morgan fingerprint density at radius 2 is 2.38 bits per heavy atom. The van der Waals surface area contributed by atoms with Gasteiger partial charge in [-0.15, -0.1) is 6.42 Å².